The van der Waals surface area contributed by atoms with Crippen molar-refractivity contribution in [1.29, 1.82) is 0 Å². The zero-order valence-corrected chi connectivity index (χ0v) is 19.1. The number of nitrogens with zero attached hydrogens (tertiary/aromatic N) is 1. The quantitative estimate of drug-likeness (QED) is 0.510. The molecule has 3 aromatic carbocycles. The molecular weight excluding hydrogens is 426 g/mol. The van der Waals surface area contributed by atoms with Crippen molar-refractivity contribution in [1.82, 2.24) is 4.90 Å². The Balaban J connectivity index is 1.74. The Morgan fingerprint density at radius 2 is 1.72 bits per heavy atom. The first-order chi connectivity index (χ1) is 15.5. The van der Waals surface area contributed by atoms with Crippen LogP contribution >= 0.6 is 11.6 Å². The second-order valence-electron chi connectivity index (χ2n) is 7.72. The average Bonchev–Trinajstić information content (AvgIpc) is 2.82. The Kier molecular flexibility index (Phi) is 6.56. The minimum atomic E-state index is -0.638. The minimum Gasteiger partial charge on any atom is -0.493 e. The van der Waals surface area contributed by atoms with Gasteiger partial charge in [-0.2, -0.15) is 0 Å². The maximum atomic E-state index is 13.6. The predicted molar refractivity (Wildman–Crippen MR) is 125 cm³/mol. The standard InChI is InChI=1S/C26H26ClNO4/c1-17(32-21-10-5-4-6-11-21)26(29)28-13-12-18-15-23(30-2)24(31-3)16-22(18)25(28)19-8-7-9-20(27)14-19/h4-11,14-17,25H,12-13H2,1-3H3/t17-,25-/m0/s1. The summed E-state index contributed by atoms with van der Waals surface area (Å²) in [6.07, 6.45) is 0.0667. The summed E-state index contributed by atoms with van der Waals surface area (Å²) in [5.41, 5.74) is 3.05. The first-order valence-electron chi connectivity index (χ1n) is 10.5. The zero-order valence-electron chi connectivity index (χ0n) is 18.4. The second kappa shape index (κ2) is 9.53. The van der Waals surface area contributed by atoms with Crippen LogP contribution < -0.4 is 14.2 Å². The second-order valence-corrected chi connectivity index (χ2v) is 8.15. The van der Waals surface area contributed by atoms with Gasteiger partial charge in [0.05, 0.1) is 20.3 Å². The van der Waals surface area contributed by atoms with Gasteiger partial charge in [0.1, 0.15) is 5.75 Å². The average molecular weight is 452 g/mol. The number of carbonyl (C=O) groups excluding carboxylic acids is 1. The first kappa shape index (κ1) is 22.0. The molecule has 0 aliphatic carbocycles. The number of rotatable bonds is 6. The molecule has 0 bridgehead atoms. The van der Waals surface area contributed by atoms with Crippen LogP contribution in [0.15, 0.2) is 66.7 Å². The Hall–Kier alpha value is -3.18. The molecule has 0 saturated carbocycles. The largest absolute Gasteiger partial charge is 0.493 e. The van der Waals surface area contributed by atoms with Crippen LogP contribution in [0, 0.1) is 0 Å². The molecule has 166 valence electrons. The third-order valence-electron chi connectivity index (χ3n) is 5.73. The van der Waals surface area contributed by atoms with Gasteiger partial charge in [-0.25, -0.2) is 0 Å². The van der Waals surface area contributed by atoms with E-state index in [1.807, 2.05) is 71.6 Å². The van der Waals surface area contributed by atoms with Crippen molar-refractivity contribution in [3.63, 3.8) is 0 Å². The van der Waals surface area contributed by atoms with Gasteiger partial charge in [-0.05, 0) is 66.4 Å². The van der Waals surface area contributed by atoms with E-state index in [0.29, 0.717) is 35.2 Å². The fourth-order valence-corrected chi connectivity index (χ4v) is 4.41. The molecule has 6 heteroatoms. The molecule has 0 aromatic heterocycles. The summed E-state index contributed by atoms with van der Waals surface area (Å²) in [6.45, 7) is 2.34. The molecule has 3 aromatic rings. The van der Waals surface area contributed by atoms with E-state index in [1.54, 1.807) is 21.1 Å². The van der Waals surface area contributed by atoms with Crippen molar-refractivity contribution in [3.05, 3.63) is 88.4 Å². The molecule has 2 atom stereocenters. The number of fused-ring (bicyclic) bond motifs is 1. The lowest BCUT2D eigenvalue weighted by Gasteiger charge is -2.39. The third-order valence-corrected chi connectivity index (χ3v) is 5.96. The highest BCUT2D eigenvalue weighted by Crippen LogP contribution is 2.41. The summed E-state index contributed by atoms with van der Waals surface area (Å²) in [4.78, 5) is 15.4. The van der Waals surface area contributed by atoms with Crippen molar-refractivity contribution in [2.75, 3.05) is 20.8 Å². The molecule has 32 heavy (non-hydrogen) atoms. The summed E-state index contributed by atoms with van der Waals surface area (Å²) in [6, 6.07) is 20.7. The Bertz CT molecular complexity index is 1100. The van der Waals surface area contributed by atoms with E-state index in [-0.39, 0.29) is 11.9 Å². The Morgan fingerprint density at radius 3 is 2.41 bits per heavy atom. The van der Waals surface area contributed by atoms with Crippen molar-refractivity contribution >= 4 is 17.5 Å². The van der Waals surface area contributed by atoms with Crippen LogP contribution in [-0.4, -0.2) is 37.7 Å². The highest BCUT2D eigenvalue weighted by atomic mass is 35.5. The Morgan fingerprint density at radius 1 is 1.00 bits per heavy atom. The lowest BCUT2D eigenvalue weighted by atomic mass is 9.87. The van der Waals surface area contributed by atoms with Gasteiger partial charge in [-0.1, -0.05) is 41.9 Å². The minimum absolute atomic E-state index is 0.0840. The van der Waals surface area contributed by atoms with E-state index >= 15 is 0 Å². The lowest BCUT2D eigenvalue weighted by Crippen LogP contribution is -2.46. The molecule has 5 nitrogen and oxygen atoms in total. The van der Waals surface area contributed by atoms with Crippen LogP contribution in [0.5, 0.6) is 17.2 Å². The molecule has 0 saturated heterocycles. The number of hydrogen-bond acceptors (Lipinski definition) is 4. The summed E-state index contributed by atoms with van der Waals surface area (Å²) < 4.78 is 17.0. The van der Waals surface area contributed by atoms with Gasteiger partial charge >= 0.3 is 0 Å². The molecule has 1 aliphatic rings. The number of benzene rings is 3. The number of carbonyl (C=O) groups is 1. The van der Waals surface area contributed by atoms with Crippen LogP contribution in [0.25, 0.3) is 0 Å². The van der Waals surface area contributed by atoms with Gasteiger partial charge < -0.3 is 19.1 Å². The summed E-state index contributed by atoms with van der Waals surface area (Å²) >= 11 is 6.32. The fourth-order valence-electron chi connectivity index (χ4n) is 4.21. The van der Waals surface area contributed by atoms with E-state index < -0.39 is 6.10 Å². The van der Waals surface area contributed by atoms with Gasteiger partial charge in [0.2, 0.25) is 0 Å². The zero-order chi connectivity index (χ0) is 22.7. The van der Waals surface area contributed by atoms with E-state index in [9.17, 15) is 4.79 Å². The van der Waals surface area contributed by atoms with E-state index in [2.05, 4.69) is 0 Å². The van der Waals surface area contributed by atoms with E-state index in [0.717, 1.165) is 16.7 Å². The topological polar surface area (TPSA) is 48.0 Å². The molecule has 1 amide bonds. The van der Waals surface area contributed by atoms with Crippen molar-refractivity contribution in [3.8, 4) is 17.2 Å². The molecule has 0 N–H and O–H groups in total. The van der Waals surface area contributed by atoms with Gasteiger partial charge in [-0.15, -0.1) is 0 Å². The predicted octanol–water partition coefficient (Wildman–Crippen LogP) is 5.30. The van der Waals surface area contributed by atoms with Crippen LogP contribution in [0.1, 0.15) is 29.7 Å². The summed E-state index contributed by atoms with van der Waals surface area (Å²) in [5, 5.41) is 0.621. The van der Waals surface area contributed by atoms with Gasteiger partial charge in [0, 0.05) is 11.6 Å². The maximum absolute atomic E-state index is 13.6. The van der Waals surface area contributed by atoms with Gasteiger partial charge in [-0.3, -0.25) is 4.79 Å². The Labute approximate surface area is 193 Å². The van der Waals surface area contributed by atoms with Crippen molar-refractivity contribution < 1.29 is 19.0 Å². The molecule has 0 spiro atoms. The molecule has 1 heterocycles. The fraction of sp³-hybridized carbons (Fsp3) is 0.269. The van der Waals surface area contributed by atoms with E-state index in [4.69, 9.17) is 25.8 Å². The SMILES string of the molecule is COc1cc2c(cc1OC)[C@H](c1cccc(Cl)c1)N(C(=O)[C@H](C)Oc1ccccc1)CC2. The van der Waals surface area contributed by atoms with Crippen molar-refractivity contribution in [2.45, 2.75) is 25.5 Å². The molecule has 1 aliphatic heterocycles. The third kappa shape index (κ3) is 4.39. The van der Waals surface area contributed by atoms with Gasteiger partial charge in [0.25, 0.3) is 5.91 Å². The molecular formula is C26H26ClNO4. The highest BCUT2D eigenvalue weighted by Gasteiger charge is 2.36. The number of para-hydroxylation sites is 1. The summed E-state index contributed by atoms with van der Waals surface area (Å²) in [7, 11) is 3.24. The summed E-state index contributed by atoms with van der Waals surface area (Å²) in [5.74, 6) is 1.88. The smallest absolute Gasteiger partial charge is 0.264 e. The van der Waals surface area contributed by atoms with Crippen LogP contribution in [0.4, 0.5) is 0 Å². The monoisotopic (exact) mass is 451 g/mol. The first-order valence-corrected chi connectivity index (χ1v) is 10.9. The van der Waals surface area contributed by atoms with Crippen LogP contribution in [0.3, 0.4) is 0 Å². The lowest BCUT2D eigenvalue weighted by molar-refractivity contribution is -0.140. The maximum Gasteiger partial charge on any atom is 0.264 e. The van der Waals surface area contributed by atoms with Crippen molar-refractivity contribution in [2.24, 2.45) is 0 Å². The number of amides is 1. The number of ether oxygens (including phenoxy) is 3. The van der Waals surface area contributed by atoms with Crippen LogP contribution in [0.2, 0.25) is 5.02 Å². The van der Waals surface area contributed by atoms with E-state index in [1.165, 1.54) is 0 Å². The normalized spacial score (nSPS) is 16.1. The molecule has 4 rings (SSSR count). The number of hydrogen-bond donors (Lipinski definition) is 0. The van der Waals surface area contributed by atoms with Gasteiger partial charge in [0.15, 0.2) is 17.6 Å². The number of halogens is 1. The molecule has 0 radical (unpaired) electrons. The van der Waals surface area contributed by atoms with Crippen LogP contribution in [-0.2, 0) is 11.2 Å². The highest BCUT2D eigenvalue weighted by molar-refractivity contribution is 6.30. The molecule has 0 unspecified atom stereocenters. The molecule has 0 fully saturated rings. The number of methoxy groups -OCH3 is 2.